The second-order valence-electron chi connectivity index (χ2n) is 3.40. The summed E-state index contributed by atoms with van der Waals surface area (Å²) in [6.07, 6.45) is 1.25. The number of hydrogen-bond acceptors (Lipinski definition) is 4. The number of anilines is 1. The highest BCUT2D eigenvalue weighted by molar-refractivity contribution is 7.80. The normalized spacial score (nSPS) is 10.1. The average molecular weight is 265 g/mol. The third-order valence-electron chi connectivity index (χ3n) is 2.17. The molecule has 0 saturated heterocycles. The Morgan fingerprint density at radius 3 is 2.78 bits per heavy atom. The van der Waals surface area contributed by atoms with Crippen LogP contribution in [0.25, 0.3) is 0 Å². The number of aromatic nitrogens is 1. The first-order valence-corrected chi connectivity index (χ1v) is 5.30. The summed E-state index contributed by atoms with van der Waals surface area (Å²) in [5.74, 6) is -1.19. The minimum absolute atomic E-state index is 0.0167. The van der Waals surface area contributed by atoms with Gasteiger partial charge in [0.2, 0.25) is 0 Å². The van der Waals surface area contributed by atoms with Crippen LogP contribution in [0.4, 0.5) is 10.1 Å². The zero-order chi connectivity index (χ0) is 13.1. The lowest BCUT2D eigenvalue weighted by molar-refractivity contribution is 0.101. The molecule has 1 amide bonds. The topological polar surface area (TPSA) is 81.1 Å². The van der Waals surface area contributed by atoms with E-state index in [2.05, 4.69) is 15.0 Å². The summed E-state index contributed by atoms with van der Waals surface area (Å²) >= 11 is 4.72. The molecule has 3 N–H and O–H groups in total. The standard InChI is InChI=1S/C11H8FN3O2S/c12-7-5-6(10(13)18)1-2-8(7)14-11(16)9-3-4-17-15-9/h1-5H,(H2,13,18)(H,14,16). The van der Waals surface area contributed by atoms with Crippen LogP contribution in [0.5, 0.6) is 0 Å². The largest absolute Gasteiger partial charge is 0.389 e. The molecule has 18 heavy (non-hydrogen) atoms. The lowest BCUT2D eigenvalue weighted by atomic mass is 10.2. The van der Waals surface area contributed by atoms with Gasteiger partial charge in [0.25, 0.3) is 5.91 Å². The number of carbonyl (C=O) groups is 1. The van der Waals surface area contributed by atoms with Gasteiger partial charge < -0.3 is 15.6 Å². The van der Waals surface area contributed by atoms with Crippen LogP contribution in [0, 0.1) is 5.82 Å². The molecular weight excluding hydrogens is 257 g/mol. The first-order chi connectivity index (χ1) is 8.58. The Hall–Kier alpha value is -2.28. The third kappa shape index (κ3) is 2.51. The van der Waals surface area contributed by atoms with Crippen LogP contribution >= 0.6 is 12.2 Å². The number of benzene rings is 1. The van der Waals surface area contributed by atoms with Gasteiger partial charge in [-0.2, -0.15) is 0 Å². The summed E-state index contributed by atoms with van der Waals surface area (Å²) < 4.78 is 18.2. The molecule has 0 aliphatic heterocycles. The van der Waals surface area contributed by atoms with Crippen LogP contribution < -0.4 is 11.1 Å². The third-order valence-corrected chi connectivity index (χ3v) is 2.41. The SMILES string of the molecule is NC(=S)c1ccc(NC(=O)c2ccon2)c(F)c1. The summed E-state index contributed by atoms with van der Waals surface area (Å²) in [6.45, 7) is 0. The Morgan fingerprint density at radius 1 is 1.44 bits per heavy atom. The van der Waals surface area contributed by atoms with Crippen LogP contribution in [0.15, 0.2) is 35.1 Å². The zero-order valence-electron chi connectivity index (χ0n) is 9.01. The Morgan fingerprint density at radius 2 is 2.22 bits per heavy atom. The lowest BCUT2D eigenvalue weighted by Gasteiger charge is -2.06. The first kappa shape index (κ1) is 12.2. The van der Waals surface area contributed by atoms with Gasteiger partial charge in [0.05, 0.1) is 5.69 Å². The first-order valence-electron chi connectivity index (χ1n) is 4.89. The smallest absolute Gasteiger partial charge is 0.277 e. The second-order valence-corrected chi connectivity index (χ2v) is 3.84. The molecule has 0 unspecified atom stereocenters. The van der Waals surface area contributed by atoms with E-state index in [0.29, 0.717) is 5.56 Å². The number of nitrogens with one attached hydrogen (secondary N) is 1. The van der Waals surface area contributed by atoms with Crippen molar-refractivity contribution in [2.24, 2.45) is 5.73 Å². The van der Waals surface area contributed by atoms with Gasteiger partial charge in [-0.05, 0) is 18.2 Å². The van der Waals surface area contributed by atoms with E-state index in [1.807, 2.05) is 0 Å². The van der Waals surface area contributed by atoms with Gasteiger partial charge in [-0.15, -0.1) is 0 Å². The van der Waals surface area contributed by atoms with E-state index in [1.165, 1.54) is 24.5 Å². The summed E-state index contributed by atoms with van der Waals surface area (Å²) in [6, 6.07) is 5.42. The fourth-order valence-corrected chi connectivity index (χ4v) is 1.41. The Balaban J connectivity index is 2.20. The molecule has 7 heteroatoms. The van der Waals surface area contributed by atoms with E-state index in [-0.39, 0.29) is 16.4 Å². The van der Waals surface area contributed by atoms with Crippen molar-refractivity contribution in [3.63, 3.8) is 0 Å². The predicted molar refractivity (Wildman–Crippen MR) is 66.7 cm³/mol. The molecule has 0 aliphatic rings. The minimum atomic E-state index is -0.628. The second kappa shape index (κ2) is 4.92. The monoisotopic (exact) mass is 265 g/mol. The van der Waals surface area contributed by atoms with Gasteiger partial charge >= 0.3 is 0 Å². The maximum Gasteiger partial charge on any atom is 0.277 e. The van der Waals surface area contributed by atoms with Gasteiger partial charge in [-0.25, -0.2) is 4.39 Å². The molecule has 1 aromatic heterocycles. The van der Waals surface area contributed by atoms with Crippen molar-refractivity contribution < 1.29 is 13.7 Å². The maximum absolute atomic E-state index is 13.6. The fraction of sp³-hybridized carbons (Fsp3) is 0. The Kier molecular flexibility index (Phi) is 3.33. The number of rotatable bonds is 3. The molecule has 0 saturated carbocycles. The number of nitrogens with zero attached hydrogens (tertiary/aromatic N) is 1. The highest BCUT2D eigenvalue weighted by atomic mass is 32.1. The van der Waals surface area contributed by atoms with Crippen molar-refractivity contribution in [2.45, 2.75) is 0 Å². The average Bonchev–Trinajstić information content (AvgIpc) is 2.85. The van der Waals surface area contributed by atoms with Crippen molar-refractivity contribution in [3.8, 4) is 0 Å². The number of hydrogen-bond donors (Lipinski definition) is 2. The maximum atomic E-state index is 13.6. The predicted octanol–water partition coefficient (Wildman–Crippen LogP) is 1.70. The summed E-state index contributed by atoms with van der Waals surface area (Å²) in [5, 5.41) is 5.80. The van der Waals surface area contributed by atoms with Crippen LogP contribution in [0.3, 0.4) is 0 Å². The van der Waals surface area contributed by atoms with Crippen molar-refractivity contribution in [1.82, 2.24) is 5.16 Å². The number of halogens is 1. The highest BCUT2D eigenvalue weighted by Gasteiger charge is 2.12. The Bertz CT molecular complexity index is 598. The van der Waals surface area contributed by atoms with Crippen LogP contribution in [-0.4, -0.2) is 16.1 Å². The molecule has 2 aromatic rings. The van der Waals surface area contributed by atoms with Gasteiger partial charge in [0.15, 0.2) is 5.69 Å². The van der Waals surface area contributed by atoms with Crippen molar-refractivity contribution >= 4 is 28.8 Å². The molecule has 1 aromatic carbocycles. The molecule has 92 valence electrons. The molecule has 0 fully saturated rings. The zero-order valence-corrected chi connectivity index (χ0v) is 9.83. The van der Waals surface area contributed by atoms with E-state index in [4.69, 9.17) is 18.0 Å². The van der Waals surface area contributed by atoms with Crippen molar-refractivity contribution in [2.75, 3.05) is 5.32 Å². The molecule has 1 heterocycles. The quantitative estimate of drug-likeness (QED) is 0.825. The fourth-order valence-electron chi connectivity index (χ4n) is 1.29. The van der Waals surface area contributed by atoms with Gasteiger partial charge in [-0.1, -0.05) is 17.4 Å². The molecule has 0 radical (unpaired) electrons. The molecule has 0 aliphatic carbocycles. The minimum Gasteiger partial charge on any atom is -0.389 e. The van der Waals surface area contributed by atoms with E-state index in [0.717, 1.165) is 6.07 Å². The van der Waals surface area contributed by atoms with E-state index < -0.39 is 11.7 Å². The molecule has 0 bridgehead atoms. The summed E-state index contributed by atoms with van der Waals surface area (Å²) in [5.41, 5.74) is 5.84. The van der Waals surface area contributed by atoms with Gasteiger partial charge in [0, 0.05) is 11.6 Å². The Labute approximate surface area is 107 Å². The van der Waals surface area contributed by atoms with E-state index >= 15 is 0 Å². The highest BCUT2D eigenvalue weighted by Crippen LogP contribution is 2.16. The summed E-state index contributed by atoms with van der Waals surface area (Å²) in [7, 11) is 0. The number of thiocarbonyl (C=S) groups is 1. The van der Waals surface area contributed by atoms with Crippen molar-refractivity contribution in [3.05, 3.63) is 47.6 Å². The van der Waals surface area contributed by atoms with E-state index in [1.54, 1.807) is 0 Å². The van der Waals surface area contributed by atoms with Gasteiger partial charge in [-0.3, -0.25) is 4.79 Å². The van der Waals surface area contributed by atoms with Crippen LogP contribution in [-0.2, 0) is 0 Å². The molecule has 0 spiro atoms. The van der Waals surface area contributed by atoms with Crippen molar-refractivity contribution in [1.29, 1.82) is 0 Å². The number of carbonyl (C=O) groups excluding carboxylic acids is 1. The van der Waals surface area contributed by atoms with Gasteiger partial charge in [0.1, 0.15) is 17.1 Å². The number of nitrogens with two attached hydrogens (primary N) is 1. The van der Waals surface area contributed by atoms with E-state index in [9.17, 15) is 9.18 Å². The molecule has 0 atom stereocenters. The molecule has 2 rings (SSSR count). The molecular formula is C11H8FN3O2S. The number of amides is 1. The van der Waals surface area contributed by atoms with Crippen LogP contribution in [0.2, 0.25) is 0 Å². The molecule has 5 nitrogen and oxygen atoms in total. The lowest BCUT2D eigenvalue weighted by Crippen LogP contribution is -2.14. The summed E-state index contributed by atoms with van der Waals surface area (Å²) in [4.78, 5) is 11.7. The van der Waals surface area contributed by atoms with Crippen LogP contribution in [0.1, 0.15) is 16.1 Å².